The summed E-state index contributed by atoms with van der Waals surface area (Å²) in [4.78, 5) is 12.4. The zero-order chi connectivity index (χ0) is 32.8. The maximum atomic E-state index is 6.57. The predicted octanol–water partition coefficient (Wildman–Crippen LogP) is 10.2. The fourth-order valence-electron chi connectivity index (χ4n) is 7.08. The van der Waals surface area contributed by atoms with E-state index in [1.807, 2.05) is 60.7 Å². The van der Waals surface area contributed by atoms with Crippen LogP contribution >= 0.6 is 0 Å². The van der Waals surface area contributed by atoms with Gasteiger partial charge in [0, 0.05) is 27.3 Å². The van der Waals surface area contributed by atoms with Crippen LogP contribution in [-0.2, 0) is 5.41 Å². The van der Waals surface area contributed by atoms with Crippen LogP contribution in [0.25, 0.3) is 27.6 Å². The lowest BCUT2D eigenvalue weighted by Gasteiger charge is -2.42. The highest BCUT2D eigenvalue weighted by Crippen LogP contribution is 2.53. The Labute approximate surface area is 280 Å². The predicted molar refractivity (Wildman–Crippen MR) is 202 cm³/mol. The number of rotatable bonds is 5. The Kier molecular flexibility index (Phi) is 7.03. The second-order valence-electron chi connectivity index (χ2n) is 12.6. The second kappa shape index (κ2) is 11.6. The summed E-state index contributed by atoms with van der Waals surface area (Å²) in [6.45, 7) is 9.20. The highest BCUT2D eigenvalue weighted by molar-refractivity contribution is 6.16. The van der Waals surface area contributed by atoms with Gasteiger partial charge in [-0.1, -0.05) is 148 Å². The molecule has 0 aliphatic carbocycles. The number of aliphatic imine (C=N–C) groups is 2. The average Bonchev–Trinajstić information content (AvgIpc) is 3.47. The molecule has 6 aromatic carbocycles. The van der Waals surface area contributed by atoms with E-state index in [1.165, 1.54) is 11.1 Å². The van der Waals surface area contributed by atoms with Gasteiger partial charge in [-0.15, -0.1) is 0 Å². The number of amidine groups is 2. The van der Waals surface area contributed by atoms with Crippen molar-refractivity contribution < 1.29 is 0 Å². The molecule has 0 bridgehead atoms. The zero-order valence-corrected chi connectivity index (χ0v) is 27.0. The molecule has 0 spiro atoms. The molecule has 1 aromatic heterocycles. The van der Waals surface area contributed by atoms with Crippen molar-refractivity contribution in [3.63, 3.8) is 0 Å². The van der Waals surface area contributed by atoms with E-state index < -0.39 is 0 Å². The highest BCUT2D eigenvalue weighted by Gasteiger charge is 2.37. The molecule has 0 unspecified atom stereocenters. The lowest BCUT2D eigenvalue weighted by Crippen LogP contribution is -2.30. The van der Waals surface area contributed by atoms with Crippen molar-refractivity contribution in [2.75, 3.05) is 4.90 Å². The SMILES string of the molecule is C=C(/N=C(\N=C(N)c1ccccc1)c1ccccc1)n1c2ccccc2c2cccc(N3c4ccccc4C(C)(C)c4ccccc43)c21. The summed E-state index contributed by atoms with van der Waals surface area (Å²) < 4.78 is 2.17. The third-order valence-electron chi connectivity index (χ3n) is 9.37. The van der Waals surface area contributed by atoms with Crippen LogP contribution in [0.1, 0.15) is 36.1 Å². The summed E-state index contributed by atoms with van der Waals surface area (Å²) in [6.07, 6.45) is 0. The van der Waals surface area contributed by atoms with Crippen LogP contribution in [0.4, 0.5) is 17.1 Å². The Morgan fingerprint density at radius 1 is 0.562 bits per heavy atom. The minimum absolute atomic E-state index is 0.167. The van der Waals surface area contributed by atoms with Crippen LogP contribution in [0.3, 0.4) is 0 Å². The van der Waals surface area contributed by atoms with E-state index in [0.717, 1.165) is 50.0 Å². The smallest absolute Gasteiger partial charge is 0.163 e. The van der Waals surface area contributed by atoms with Crippen molar-refractivity contribution >= 4 is 56.4 Å². The van der Waals surface area contributed by atoms with E-state index in [4.69, 9.17) is 15.7 Å². The van der Waals surface area contributed by atoms with Crippen molar-refractivity contribution in [1.82, 2.24) is 4.57 Å². The van der Waals surface area contributed by atoms with E-state index in [1.54, 1.807) is 0 Å². The second-order valence-corrected chi connectivity index (χ2v) is 12.6. The number of anilines is 3. The molecule has 48 heavy (non-hydrogen) atoms. The van der Waals surface area contributed by atoms with E-state index in [0.29, 0.717) is 17.5 Å². The van der Waals surface area contributed by atoms with Crippen molar-refractivity contribution in [3.05, 3.63) is 180 Å². The van der Waals surface area contributed by atoms with E-state index in [-0.39, 0.29) is 5.41 Å². The monoisotopic (exact) mass is 621 g/mol. The Morgan fingerprint density at radius 3 is 1.75 bits per heavy atom. The molecule has 0 atom stereocenters. The molecule has 0 saturated heterocycles. The molecular formula is C43H35N5. The third kappa shape index (κ3) is 4.71. The Balaban J connectivity index is 1.39. The summed E-state index contributed by atoms with van der Waals surface area (Å²) in [7, 11) is 0. The fraction of sp³-hybridized carbons (Fsp3) is 0.0698. The third-order valence-corrected chi connectivity index (χ3v) is 9.37. The first-order chi connectivity index (χ1) is 23.4. The van der Waals surface area contributed by atoms with Gasteiger partial charge >= 0.3 is 0 Å². The molecule has 2 N–H and O–H groups in total. The molecule has 1 aliphatic heterocycles. The molecule has 7 aromatic rings. The van der Waals surface area contributed by atoms with Gasteiger partial charge < -0.3 is 10.6 Å². The lowest BCUT2D eigenvalue weighted by molar-refractivity contribution is 0.632. The van der Waals surface area contributed by atoms with Gasteiger partial charge in [0.25, 0.3) is 0 Å². The quantitative estimate of drug-likeness (QED) is 0.154. The van der Waals surface area contributed by atoms with Crippen LogP contribution in [0, 0.1) is 0 Å². The van der Waals surface area contributed by atoms with Gasteiger partial charge in [0.1, 0.15) is 11.7 Å². The van der Waals surface area contributed by atoms with Crippen molar-refractivity contribution in [2.24, 2.45) is 15.7 Å². The summed E-state index contributed by atoms with van der Waals surface area (Å²) in [5.41, 5.74) is 16.0. The van der Waals surface area contributed by atoms with Crippen molar-refractivity contribution in [2.45, 2.75) is 19.3 Å². The van der Waals surface area contributed by atoms with Gasteiger partial charge in [-0.05, 0) is 35.4 Å². The van der Waals surface area contributed by atoms with Crippen molar-refractivity contribution in [3.8, 4) is 0 Å². The van der Waals surface area contributed by atoms with E-state index in [2.05, 4.69) is 121 Å². The summed E-state index contributed by atoms with van der Waals surface area (Å²) in [5.74, 6) is 1.41. The molecule has 0 fully saturated rings. The Morgan fingerprint density at radius 2 is 1.08 bits per heavy atom. The number of para-hydroxylation sites is 4. The molecule has 2 heterocycles. The van der Waals surface area contributed by atoms with Gasteiger partial charge in [-0.3, -0.25) is 4.57 Å². The van der Waals surface area contributed by atoms with E-state index in [9.17, 15) is 0 Å². The number of benzene rings is 6. The summed E-state index contributed by atoms with van der Waals surface area (Å²) >= 11 is 0. The van der Waals surface area contributed by atoms with Crippen LogP contribution in [0.15, 0.2) is 168 Å². The van der Waals surface area contributed by atoms with Gasteiger partial charge in [0.05, 0.1) is 28.1 Å². The highest BCUT2D eigenvalue weighted by atomic mass is 15.2. The number of aromatic nitrogens is 1. The van der Waals surface area contributed by atoms with Crippen LogP contribution in [0.5, 0.6) is 0 Å². The molecule has 1 aliphatic rings. The Bertz CT molecular complexity index is 2350. The largest absolute Gasteiger partial charge is 0.383 e. The first kappa shape index (κ1) is 29.2. The van der Waals surface area contributed by atoms with Gasteiger partial charge in [0.2, 0.25) is 0 Å². The maximum absolute atomic E-state index is 6.57. The molecule has 0 radical (unpaired) electrons. The number of hydrogen-bond donors (Lipinski definition) is 1. The van der Waals surface area contributed by atoms with Crippen LogP contribution in [-0.4, -0.2) is 16.2 Å². The maximum Gasteiger partial charge on any atom is 0.163 e. The summed E-state index contributed by atoms with van der Waals surface area (Å²) in [5, 5.41) is 2.24. The van der Waals surface area contributed by atoms with Gasteiger partial charge in [-0.25, -0.2) is 9.98 Å². The van der Waals surface area contributed by atoms with Crippen molar-refractivity contribution in [1.29, 1.82) is 0 Å². The average molecular weight is 622 g/mol. The van der Waals surface area contributed by atoms with Crippen LogP contribution in [0.2, 0.25) is 0 Å². The van der Waals surface area contributed by atoms with Gasteiger partial charge in [0.15, 0.2) is 5.84 Å². The zero-order valence-electron chi connectivity index (χ0n) is 27.0. The van der Waals surface area contributed by atoms with E-state index >= 15 is 0 Å². The summed E-state index contributed by atoms with van der Waals surface area (Å²) in [6, 6.07) is 52.1. The number of fused-ring (bicyclic) bond motifs is 5. The Hall–Kier alpha value is -6.20. The lowest BCUT2D eigenvalue weighted by atomic mass is 9.73. The number of nitrogens with two attached hydrogens (primary N) is 1. The fourth-order valence-corrected chi connectivity index (χ4v) is 7.08. The minimum atomic E-state index is -0.167. The number of hydrogen-bond acceptors (Lipinski definition) is 2. The standard InChI is InChI=1S/C43H35N5/c1-29(45-42(31-19-8-5-9-20-31)46-41(44)30-17-6-4-7-18-30)47-36-25-13-10-21-32(36)33-22-16-28-39(40(33)47)48-37-26-14-11-23-34(37)43(2,3)35-24-12-15-27-38(35)48/h4-28H,1H2,2-3H3,(H2,44,45,46). The molecule has 5 nitrogen and oxygen atoms in total. The van der Waals surface area contributed by atoms with Gasteiger partial charge in [-0.2, -0.15) is 0 Å². The first-order valence-corrected chi connectivity index (χ1v) is 16.2. The number of nitrogens with zero attached hydrogens (tertiary/aromatic N) is 4. The molecule has 232 valence electrons. The molecule has 8 rings (SSSR count). The minimum Gasteiger partial charge on any atom is -0.383 e. The molecular weight excluding hydrogens is 587 g/mol. The first-order valence-electron chi connectivity index (χ1n) is 16.2. The molecule has 0 saturated carbocycles. The van der Waals surface area contributed by atoms with Crippen LogP contribution < -0.4 is 10.6 Å². The topological polar surface area (TPSA) is 58.9 Å². The molecule has 5 heteroatoms. The normalized spacial score (nSPS) is 14.2. The molecule has 0 amide bonds.